The third-order valence-electron chi connectivity index (χ3n) is 0.478. The van der Waals surface area contributed by atoms with E-state index in [9.17, 15) is 0 Å². The van der Waals surface area contributed by atoms with Crippen molar-refractivity contribution < 1.29 is 29.6 Å². The molecule has 0 aliphatic carbocycles. The molecule has 0 N–H and O–H groups in total. The largest absolute Gasteiger partial charge is 1.00 e. The maximum atomic E-state index is 6.75. The maximum absolute atomic E-state index is 6.75. The van der Waals surface area contributed by atoms with E-state index < -0.39 is 0 Å². The quantitative estimate of drug-likeness (QED) is 0.189. The van der Waals surface area contributed by atoms with Crippen LogP contribution in [0.3, 0.4) is 0 Å². The summed E-state index contributed by atoms with van der Waals surface area (Å²) in [5.41, 5.74) is 13.5. The Kier molecular flexibility index (Phi) is 13.6. The Morgan fingerprint density at radius 2 is 1.50 bits per heavy atom. The molecule has 0 unspecified atom stereocenters. The van der Waals surface area contributed by atoms with Gasteiger partial charge in [-0.3, -0.25) is 4.91 Å². The number of aromatic nitrogens is 2. The molecule has 6 heteroatoms. The van der Waals surface area contributed by atoms with Crippen LogP contribution in [-0.2, 0) is 0 Å². The van der Waals surface area contributed by atoms with Crippen molar-refractivity contribution in [1.82, 2.24) is 9.97 Å². The van der Waals surface area contributed by atoms with Crippen molar-refractivity contribution in [2.75, 3.05) is 0 Å². The Labute approximate surface area is 80.2 Å². The van der Waals surface area contributed by atoms with E-state index in [4.69, 9.17) is 11.1 Å². The van der Waals surface area contributed by atoms with Gasteiger partial charge in [-0.15, -0.1) is 0 Å². The van der Waals surface area contributed by atoms with Gasteiger partial charge in [0, 0.05) is 12.4 Å². The predicted octanol–water partition coefficient (Wildman–Crippen LogP) is -1.65. The number of nitrogens with zero attached hydrogens (tertiary/aromatic N) is 5. The molecule has 0 saturated carbocycles. The Bertz CT molecular complexity index is 144. The second-order valence-corrected chi connectivity index (χ2v) is 0.994. The molecular weight excluding hydrogens is 141 g/mol. The molecule has 0 bridgehead atoms. The fourth-order valence-electron chi connectivity index (χ4n) is 0.253. The van der Waals surface area contributed by atoms with E-state index >= 15 is 0 Å². The fraction of sp³-hybridized carbons (Fsp3) is 0. The van der Waals surface area contributed by atoms with Gasteiger partial charge in [-0.25, -0.2) is 9.97 Å². The Hall–Kier alpha value is -0.610. The van der Waals surface area contributed by atoms with Crippen molar-refractivity contribution in [2.45, 2.75) is 0 Å². The second kappa shape index (κ2) is 11.2. The predicted molar refractivity (Wildman–Crippen MR) is 32.1 cm³/mol. The summed E-state index contributed by atoms with van der Waals surface area (Å²) < 4.78 is 0. The van der Waals surface area contributed by atoms with Gasteiger partial charge in [0.25, 0.3) is 0 Å². The molecule has 46 valence electrons. The summed E-state index contributed by atoms with van der Waals surface area (Å²) in [6.45, 7) is 0. The van der Waals surface area contributed by atoms with Gasteiger partial charge in [0.1, 0.15) is 6.33 Å². The van der Waals surface area contributed by atoms with Gasteiger partial charge in [0.15, 0.2) is 0 Å². The normalized spacial score (nSPS) is 5.60. The first kappa shape index (κ1) is 12.1. The molecule has 1 aromatic rings. The summed E-state index contributed by atoms with van der Waals surface area (Å²) in [6, 6.07) is 1.78. The minimum Gasteiger partial charge on any atom is -0.373 e. The van der Waals surface area contributed by atoms with Crippen molar-refractivity contribution in [3.63, 3.8) is 0 Å². The van der Waals surface area contributed by atoms with Gasteiger partial charge >= 0.3 is 29.6 Å². The first-order valence-electron chi connectivity index (χ1n) is 2.10. The fourth-order valence-corrected chi connectivity index (χ4v) is 0.253. The Morgan fingerprint density at radius 3 is 1.60 bits per heavy atom. The van der Waals surface area contributed by atoms with E-state index in [1.807, 2.05) is 0 Å². The van der Waals surface area contributed by atoms with Crippen molar-refractivity contribution in [1.29, 1.82) is 0 Å². The van der Waals surface area contributed by atoms with E-state index in [-0.39, 0.29) is 29.6 Å². The molecule has 0 atom stereocenters. The van der Waals surface area contributed by atoms with Crippen molar-refractivity contribution in [3.05, 3.63) is 40.8 Å². The van der Waals surface area contributed by atoms with E-state index in [2.05, 4.69) is 9.97 Å². The van der Waals surface area contributed by atoms with Crippen LogP contribution in [0.1, 0.15) is 0 Å². The molecule has 1 rings (SSSR count). The van der Waals surface area contributed by atoms with Crippen LogP contribution in [-0.4, -0.2) is 9.97 Å². The number of rotatable bonds is 0. The standard InChI is InChI=1S/C4H4N2.N3.Na/c1-2-5-4-6-3-1;1-3-2;/h1-4H;;/q;-1;+1. The zero-order valence-electron chi connectivity index (χ0n) is 5.55. The molecule has 0 saturated heterocycles. The van der Waals surface area contributed by atoms with Crippen LogP contribution in [0.4, 0.5) is 0 Å². The average Bonchev–Trinajstić information content (AvgIpc) is 1.93. The van der Waals surface area contributed by atoms with Gasteiger partial charge in [-0.05, 0) is 6.07 Å². The Balaban J connectivity index is 0. The van der Waals surface area contributed by atoms with E-state index in [1.54, 1.807) is 18.5 Å². The summed E-state index contributed by atoms with van der Waals surface area (Å²) in [5, 5.41) is 0. The Morgan fingerprint density at radius 1 is 1.10 bits per heavy atom. The monoisotopic (exact) mass is 145 g/mol. The number of hydrogen-bond donors (Lipinski definition) is 0. The van der Waals surface area contributed by atoms with Gasteiger partial charge in [-0.2, -0.15) is 0 Å². The second-order valence-electron chi connectivity index (χ2n) is 0.994. The molecule has 0 spiro atoms. The van der Waals surface area contributed by atoms with E-state index in [0.29, 0.717) is 0 Å². The van der Waals surface area contributed by atoms with Crippen molar-refractivity contribution in [2.24, 2.45) is 0 Å². The van der Waals surface area contributed by atoms with E-state index in [1.165, 1.54) is 11.2 Å². The molecular formula is C4H4N5Na. The molecule has 0 aromatic carbocycles. The molecule has 10 heavy (non-hydrogen) atoms. The van der Waals surface area contributed by atoms with Crippen molar-refractivity contribution >= 4 is 0 Å². The molecule has 0 aliphatic rings. The summed E-state index contributed by atoms with van der Waals surface area (Å²) in [6.07, 6.45) is 4.88. The summed E-state index contributed by atoms with van der Waals surface area (Å²) in [7, 11) is 0. The van der Waals surface area contributed by atoms with Gasteiger partial charge in [0.05, 0.1) is 0 Å². The smallest absolute Gasteiger partial charge is 0.373 e. The van der Waals surface area contributed by atoms with Crippen molar-refractivity contribution in [3.8, 4) is 0 Å². The van der Waals surface area contributed by atoms with Crippen LogP contribution < -0.4 is 29.6 Å². The minimum atomic E-state index is 0. The molecule has 0 amide bonds. The van der Waals surface area contributed by atoms with Gasteiger partial charge in [0.2, 0.25) is 0 Å². The molecule has 1 aromatic heterocycles. The van der Waals surface area contributed by atoms with Crippen LogP contribution in [0.2, 0.25) is 0 Å². The topological polar surface area (TPSA) is 84.5 Å². The molecule has 0 aliphatic heterocycles. The van der Waals surface area contributed by atoms with Gasteiger partial charge in [-0.1, -0.05) is 0 Å². The maximum Gasteiger partial charge on any atom is 1.00 e. The van der Waals surface area contributed by atoms with Crippen LogP contribution in [0, 0.1) is 0 Å². The first-order chi connectivity index (χ1) is 4.41. The van der Waals surface area contributed by atoms with Crippen LogP contribution >= 0.6 is 0 Å². The summed E-state index contributed by atoms with van der Waals surface area (Å²) in [5.74, 6) is 0. The SMILES string of the molecule is [N-]=[N+]=[N-].[Na+].c1cncnc1. The zero-order valence-corrected chi connectivity index (χ0v) is 7.55. The third kappa shape index (κ3) is 10.4. The number of hydrogen-bond acceptors (Lipinski definition) is 2. The van der Waals surface area contributed by atoms with Crippen LogP contribution in [0.5, 0.6) is 0 Å². The van der Waals surface area contributed by atoms with E-state index in [0.717, 1.165) is 0 Å². The van der Waals surface area contributed by atoms with Gasteiger partial charge < -0.3 is 11.1 Å². The molecule has 5 nitrogen and oxygen atoms in total. The zero-order chi connectivity index (χ0) is 6.95. The third-order valence-corrected chi connectivity index (χ3v) is 0.478. The minimum absolute atomic E-state index is 0. The average molecular weight is 145 g/mol. The summed E-state index contributed by atoms with van der Waals surface area (Å²) in [4.78, 5) is 8.85. The summed E-state index contributed by atoms with van der Waals surface area (Å²) >= 11 is 0. The molecule has 0 fully saturated rings. The van der Waals surface area contributed by atoms with Crippen LogP contribution in [0.15, 0.2) is 24.8 Å². The molecule has 0 radical (unpaired) electrons. The molecule has 1 heterocycles. The van der Waals surface area contributed by atoms with Crippen LogP contribution in [0.25, 0.3) is 16.0 Å². The first-order valence-corrected chi connectivity index (χ1v) is 2.10.